The van der Waals surface area contributed by atoms with E-state index in [9.17, 15) is 0 Å². The Morgan fingerprint density at radius 2 is 0.812 bits per heavy atom. The van der Waals surface area contributed by atoms with Crippen LogP contribution in [0.3, 0.4) is 0 Å². The summed E-state index contributed by atoms with van der Waals surface area (Å²) in [6.45, 7) is 2.65. The molecule has 2 nitrogen and oxygen atoms in total. The number of rotatable bonds is 2. The van der Waals surface area contributed by atoms with E-state index in [0.717, 1.165) is 0 Å². The van der Waals surface area contributed by atoms with Crippen molar-refractivity contribution in [1.82, 2.24) is 0 Å². The molecule has 0 N–H and O–H groups in total. The Bertz CT molecular complexity index is 1400. The summed E-state index contributed by atoms with van der Waals surface area (Å²) in [5.74, 6) is 0. The zero-order valence-electron chi connectivity index (χ0n) is 17.7. The van der Waals surface area contributed by atoms with Crippen LogP contribution in [0, 0.1) is 0 Å². The molecule has 0 saturated carbocycles. The maximum absolute atomic E-state index is 6.04. The molecule has 0 aliphatic carbocycles. The lowest BCUT2D eigenvalue weighted by Crippen LogP contribution is -2.02. The molecule has 154 valence electrons. The molecule has 0 unspecified atom stereocenters. The van der Waals surface area contributed by atoms with E-state index in [-0.39, 0.29) is 0 Å². The average molecular weight is 415 g/mol. The molecule has 0 spiro atoms. The van der Waals surface area contributed by atoms with E-state index < -0.39 is 0 Å². The first kappa shape index (κ1) is 18.1. The van der Waals surface area contributed by atoms with E-state index in [1.807, 2.05) is 0 Å². The van der Waals surface area contributed by atoms with Crippen LogP contribution < -0.4 is 0 Å². The maximum atomic E-state index is 6.04. The van der Waals surface area contributed by atoms with Crippen LogP contribution in [-0.2, 0) is 35.9 Å². The molecule has 0 saturated heterocycles. The SMILES string of the molecule is c1ccc2c(-c3c4c(c5c(c3-c3cccc6ccccc36)COC5)COC4)cccc2c1. The Kier molecular flexibility index (Phi) is 3.98. The minimum absolute atomic E-state index is 0.652. The van der Waals surface area contributed by atoms with Gasteiger partial charge in [0.05, 0.1) is 26.4 Å². The van der Waals surface area contributed by atoms with E-state index in [1.165, 1.54) is 66.1 Å². The van der Waals surface area contributed by atoms with Crippen molar-refractivity contribution in [3.05, 3.63) is 107 Å². The van der Waals surface area contributed by atoms with Crippen LogP contribution in [0.1, 0.15) is 22.3 Å². The first-order valence-corrected chi connectivity index (χ1v) is 11.2. The lowest BCUT2D eigenvalue weighted by Gasteiger charge is -2.22. The molecular formula is C30H22O2. The molecule has 0 radical (unpaired) electrons. The van der Waals surface area contributed by atoms with Gasteiger partial charge in [0.15, 0.2) is 0 Å². The van der Waals surface area contributed by atoms with Crippen molar-refractivity contribution < 1.29 is 9.47 Å². The maximum Gasteiger partial charge on any atom is 0.0731 e. The highest BCUT2D eigenvalue weighted by atomic mass is 16.5. The Hall–Kier alpha value is -3.46. The highest BCUT2D eigenvalue weighted by Crippen LogP contribution is 2.49. The lowest BCUT2D eigenvalue weighted by molar-refractivity contribution is 0.126. The first-order chi connectivity index (χ1) is 15.9. The zero-order chi connectivity index (χ0) is 21.1. The van der Waals surface area contributed by atoms with Gasteiger partial charge in [0.2, 0.25) is 0 Å². The van der Waals surface area contributed by atoms with Gasteiger partial charge < -0.3 is 9.47 Å². The predicted octanol–water partition coefficient (Wildman–Crippen LogP) is 7.39. The molecule has 2 aliphatic heterocycles. The number of hydrogen-bond acceptors (Lipinski definition) is 2. The fourth-order valence-corrected chi connectivity index (χ4v) is 5.63. The Morgan fingerprint density at radius 3 is 1.31 bits per heavy atom. The fourth-order valence-electron chi connectivity index (χ4n) is 5.63. The molecule has 0 atom stereocenters. The van der Waals surface area contributed by atoms with Crippen molar-refractivity contribution in [2.45, 2.75) is 26.4 Å². The predicted molar refractivity (Wildman–Crippen MR) is 129 cm³/mol. The van der Waals surface area contributed by atoms with Crippen molar-refractivity contribution in [3.8, 4) is 22.3 Å². The van der Waals surface area contributed by atoms with Crippen LogP contribution in [0.5, 0.6) is 0 Å². The topological polar surface area (TPSA) is 18.5 Å². The highest BCUT2D eigenvalue weighted by Gasteiger charge is 2.31. The average Bonchev–Trinajstić information content (AvgIpc) is 3.52. The first-order valence-electron chi connectivity index (χ1n) is 11.2. The molecule has 5 aromatic rings. The lowest BCUT2D eigenvalue weighted by atomic mass is 9.80. The van der Waals surface area contributed by atoms with Crippen LogP contribution in [0.25, 0.3) is 43.8 Å². The Balaban J connectivity index is 1.67. The quantitative estimate of drug-likeness (QED) is 0.300. The molecule has 5 aromatic carbocycles. The molecule has 0 amide bonds. The van der Waals surface area contributed by atoms with E-state index >= 15 is 0 Å². The van der Waals surface area contributed by atoms with Gasteiger partial charge in [0.1, 0.15) is 0 Å². The molecule has 0 bridgehead atoms. The highest BCUT2D eigenvalue weighted by molar-refractivity contribution is 6.07. The number of ether oxygens (including phenoxy) is 2. The Labute approximate surface area is 187 Å². The van der Waals surface area contributed by atoms with E-state index in [1.54, 1.807) is 0 Å². The van der Waals surface area contributed by atoms with Gasteiger partial charge in [0, 0.05) is 0 Å². The summed E-state index contributed by atoms with van der Waals surface area (Å²) in [4.78, 5) is 0. The van der Waals surface area contributed by atoms with Gasteiger partial charge in [-0.3, -0.25) is 0 Å². The molecule has 2 heteroatoms. The minimum atomic E-state index is 0.652. The van der Waals surface area contributed by atoms with Gasteiger partial charge in [-0.05, 0) is 66.1 Å². The van der Waals surface area contributed by atoms with E-state index in [0.29, 0.717) is 26.4 Å². The van der Waals surface area contributed by atoms with E-state index in [4.69, 9.17) is 9.47 Å². The molecule has 2 aliphatic rings. The molecule has 7 rings (SSSR count). The summed E-state index contributed by atoms with van der Waals surface area (Å²) in [7, 11) is 0. The third-order valence-electron chi connectivity index (χ3n) is 7.05. The van der Waals surface area contributed by atoms with Crippen LogP contribution in [0.15, 0.2) is 84.9 Å². The second-order valence-corrected chi connectivity index (χ2v) is 8.70. The molecule has 0 aromatic heterocycles. The van der Waals surface area contributed by atoms with Crippen molar-refractivity contribution >= 4 is 21.5 Å². The van der Waals surface area contributed by atoms with Crippen molar-refractivity contribution in [2.75, 3.05) is 0 Å². The molecule has 0 fully saturated rings. The summed E-state index contributed by atoms with van der Waals surface area (Å²) in [5, 5.41) is 5.09. The van der Waals surface area contributed by atoms with Gasteiger partial charge in [-0.2, -0.15) is 0 Å². The van der Waals surface area contributed by atoms with Gasteiger partial charge >= 0.3 is 0 Å². The minimum Gasteiger partial charge on any atom is -0.372 e. The number of fused-ring (bicyclic) bond motifs is 5. The zero-order valence-corrected chi connectivity index (χ0v) is 17.7. The van der Waals surface area contributed by atoms with Gasteiger partial charge in [-0.1, -0.05) is 84.9 Å². The third-order valence-corrected chi connectivity index (χ3v) is 7.05. The van der Waals surface area contributed by atoms with Crippen molar-refractivity contribution in [1.29, 1.82) is 0 Å². The summed E-state index contributed by atoms with van der Waals surface area (Å²) < 4.78 is 12.1. The summed E-state index contributed by atoms with van der Waals surface area (Å²) >= 11 is 0. The largest absolute Gasteiger partial charge is 0.372 e. The number of hydrogen-bond donors (Lipinski definition) is 0. The summed E-state index contributed by atoms with van der Waals surface area (Å²) in [6, 6.07) is 30.7. The van der Waals surface area contributed by atoms with Gasteiger partial charge in [0.25, 0.3) is 0 Å². The molecule has 32 heavy (non-hydrogen) atoms. The van der Waals surface area contributed by atoms with Crippen molar-refractivity contribution in [2.24, 2.45) is 0 Å². The van der Waals surface area contributed by atoms with Crippen LogP contribution in [-0.4, -0.2) is 0 Å². The molecular weight excluding hydrogens is 392 g/mol. The number of benzene rings is 5. The summed E-state index contributed by atoms with van der Waals surface area (Å²) in [5.41, 5.74) is 10.5. The van der Waals surface area contributed by atoms with Gasteiger partial charge in [-0.25, -0.2) is 0 Å². The van der Waals surface area contributed by atoms with E-state index in [2.05, 4.69) is 84.9 Å². The van der Waals surface area contributed by atoms with Crippen molar-refractivity contribution in [3.63, 3.8) is 0 Å². The normalized spacial score (nSPS) is 14.8. The van der Waals surface area contributed by atoms with Crippen LogP contribution in [0.2, 0.25) is 0 Å². The fraction of sp³-hybridized carbons (Fsp3) is 0.133. The van der Waals surface area contributed by atoms with Crippen LogP contribution >= 0.6 is 0 Å². The Morgan fingerprint density at radius 1 is 0.406 bits per heavy atom. The van der Waals surface area contributed by atoms with Gasteiger partial charge in [-0.15, -0.1) is 0 Å². The second-order valence-electron chi connectivity index (χ2n) is 8.70. The smallest absolute Gasteiger partial charge is 0.0731 e. The summed E-state index contributed by atoms with van der Waals surface area (Å²) in [6.07, 6.45) is 0. The standard InChI is InChI=1S/C30H22O2/c1-3-11-21-19(7-1)9-5-13-23(21)29-27-17-31-15-25(27)26-16-32-18-28(26)30(29)24-14-6-10-20-8-2-4-12-22(20)24/h1-14H,15-18H2. The molecule has 2 heterocycles. The second kappa shape index (κ2) is 7.03. The van der Waals surface area contributed by atoms with Crippen LogP contribution in [0.4, 0.5) is 0 Å². The third kappa shape index (κ3) is 2.54. The monoisotopic (exact) mass is 414 g/mol.